The molecule has 0 unspecified atom stereocenters. The Labute approximate surface area is 212 Å². The number of anilines is 1. The fourth-order valence-electron chi connectivity index (χ4n) is 5.36. The summed E-state index contributed by atoms with van der Waals surface area (Å²) in [5.41, 5.74) is 0.691. The van der Waals surface area contributed by atoms with E-state index in [1.165, 1.54) is 0 Å². The Morgan fingerprint density at radius 1 is 0.944 bits per heavy atom. The van der Waals surface area contributed by atoms with Crippen LogP contribution in [0.5, 0.6) is 5.75 Å². The highest BCUT2D eigenvalue weighted by Crippen LogP contribution is 2.34. The number of phenolic OH excluding ortho intramolecular Hbond substituents is 1. The van der Waals surface area contributed by atoms with E-state index in [4.69, 9.17) is 0 Å². The van der Waals surface area contributed by atoms with Crippen molar-refractivity contribution in [2.24, 2.45) is 0 Å². The highest BCUT2D eigenvalue weighted by molar-refractivity contribution is 5.91. The molecule has 2 fully saturated rings. The van der Waals surface area contributed by atoms with Gasteiger partial charge in [-0.3, -0.25) is 14.4 Å². The van der Waals surface area contributed by atoms with Gasteiger partial charge >= 0.3 is 0 Å². The van der Waals surface area contributed by atoms with Crippen molar-refractivity contribution in [1.29, 1.82) is 0 Å². The average Bonchev–Trinajstić information content (AvgIpc) is 3.58. The maximum absolute atomic E-state index is 13.6. The van der Waals surface area contributed by atoms with Crippen molar-refractivity contribution in [1.82, 2.24) is 15.2 Å². The Bertz CT molecular complexity index is 1020. The molecule has 8 heteroatoms. The summed E-state index contributed by atoms with van der Waals surface area (Å²) in [4.78, 5) is 45.5. The molecule has 0 radical (unpaired) electrons. The number of phenols is 1. The van der Waals surface area contributed by atoms with Gasteiger partial charge < -0.3 is 20.6 Å². The Kier molecular flexibility index (Phi) is 8.92. The zero-order valence-electron chi connectivity index (χ0n) is 20.7. The third-order valence-electron chi connectivity index (χ3n) is 7.17. The van der Waals surface area contributed by atoms with Gasteiger partial charge in [0.1, 0.15) is 17.6 Å². The van der Waals surface area contributed by atoms with E-state index in [-0.39, 0.29) is 48.4 Å². The van der Waals surface area contributed by atoms with E-state index in [1.807, 2.05) is 0 Å². The summed E-state index contributed by atoms with van der Waals surface area (Å²) in [5, 5.41) is 15.8. The Balaban J connectivity index is 1.48. The van der Waals surface area contributed by atoms with Crippen molar-refractivity contribution in [2.75, 3.05) is 5.32 Å². The third kappa shape index (κ3) is 6.83. The number of nitrogens with one attached hydrogen (secondary N) is 2. The molecule has 4 rings (SSSR count). The lowest BCUT2D eigenvalue weighted by Gasteiger charge is -2.37. The van der Waals surface area contributed by atoms with Crippen LogP contribution in [0, 0.1) is 0 Å². The molecule has 3 amide bonds. The molecule has 192 valence electrons. The third-order valence-corrected chi connectivity index (χ3v) is 7.17. The number of carbonyl (C=O) groups excluding carboxylic acids is 3. The van der Waals surface area contributed by atoms with Crippen LogP contribution in [0.2, 0.25) is 0 Å². The summed E-state index contributed by atoms with van der Waals surface area (Å²) in [6.07, 6.45) is 10.2. The Morgan fingerprint density at radius 2 is 1.64 bits per heavy atom. The fraction of sp³-hybridized carbons (Fsp3) is 0.500. The molecule has 1 heterocycles. The number of hydrogen-bond donors (Lipinski definition) is 3. The second-order valence-electron chi connectivity index (χ2n) is 9.84. The molecule has 2 aliphatic rings. The van der Waals surface area contributed by atoms with Crippen molar-refractivity contribution in [3.8, 4) is 5.75 Å². The second-order valence-corrected chi connectivity index (χ2v) is 9.84. The van der Waals surface area contributed by atoms with E-state index in [1.54, 1.807) is 53.6 Å². The topological polar surface area (TPSA) is 112 Å². The monoisotopic (exact) mass is 492 g/mol. The van der Waals surface area contributed by atoms with Crippen LogP contribution in [0.4, 0.5) is 5.82 Å². The van der Waals surface area contributed by atoms with Crippen LogP contribution in [-0.4, -0.2) is 44.8 Å². The normalized spacial score (nSPS) is 17.0. The minimum absolute atomic E-state index is 0.0204. The molecule has 2 saturated carbocycles. The average molecular weight is 493 g/mol. The summed E-state index contributed by atoms with van der Waals surface area (Å²) in [5.74, 6) is 0.125. The van der Waals surface area contributed by atoms with Crippen LogP contribution in [0.25, 0.3) is 0 Å². The number of benzene rings is 1. The molecule has 1 aromatic carbocycles. The Hall–Kier alpha value is -3.42. The van der Waals surface area contributed by atoms with Gasteiger partial charge in [0.05, 0.1) is 0 Å². The minimum Gasteiger partial charge on any atom is -0.508 e. The van der Waals surface area contributed by atoms with Gasteiger partial charge in [0, 0.05) is 31.1 Å². The van der Waals surface area contributed by atoms with Gasteiger partial charge in [-0.1, -0.05) is 43.9 Å². The van der Waals surface area contributed by atoms with Gasteiger partial charge in [0.25, 0.3) is 0 Å². The van der Waals surface area contributed by atoms with Crippen LogP contribution in [0.15, 0.2) is 48.7 Å². The first-order valence-corrected chi connectivity index (χ1v) is 13.1. The summed E-state index contributed by atoms with van der Waals surface area (Å²) in [6, 6.07) is 11.2. The number of nitrogens with zero attached hydrogens (tertiary/aromatic N) is 2. The zero-order valence-corrected chi connectivity index (χ0v) is 20.7. The molecule has 0 bridgehead atoms. The number of hydrogen-bond acceptors (Lipinski definition) is 5. The number of carbonyl (C=O) groups is 3. The van der Waals surface area contributed by atoms with Crippen molar-refractivity contribution in [3.05, 3.63) is 54.2 Å². The van der Waals surface area contributed by atoms with E-state index >= 15 is 0 Å². The van der Waals surface area contributed by atoms with Gasteiger partial charge in [-0.2, -0.15) is 0 Å². The van der Waals surface area contributed by atoms with Gasteiger partial charge in [-0.25, -0.2) is 4.98 Å². The predicted octanol–water partition coefficient (Wildman–Crippen LogP) is 4.47. The van der Waals surface area contributed by atoms with Crippen LogP contribution in [-0.2, 0) is 14.4 Å². The van der Waals surface area contributed by atoms with E-state index < -0.39 is 6.04 Å². The van der Waals surface area contributed by atoms with E-state index in [0.717, 1.165) is 51.4 Å². The number of aromatic nitrogens is 1. The first kappa shape index (κ1) is 25.7. The zero-order chi connectivity index (χ0) is 25.3. The molecular weight excluding hydrogens is 456 g/mol. The molecule has 1 aromatic heterocycles. The number of aromatic hydroxyl groups is 1. The maximum Gasteiger partial charge on any atom is 0.247 e. The van der Waals surface area contributed by atoms with Crippen molar-refractivity contribution in [2.45, 2.75) is 88.8 Å². The van der Waals surface area contributed by atoms with E-state index in [9.17, 15) is 19.5 Å². The summed E-state index contributed by atoms with van der Waals surface area (Å²) in [7, 11) is 0. The van der Waals surface area contributed by atoms with Crippen molar-refractivity contribution < 1.29 is 19.5 Å². The largest absolute Gasteiger partial charge is 0.508 e. The van der Waals surface area contributed by atoms with Crippen LogP contribution in [0.1, 0.15) is 82.2 Å². The lowest BCUT2D eigenvalue weighted by Crippen LogP contribution is -2.49. The second kappa shape index (κ2) is 12.5. The highest BCUT2D eigenvalue weighted by atomic mass is 16.3. The molecule has 3 N–H and O–H groups in total. The first-order valence-electron chi connectivity index (χ1n) is 13.1. The highest BCUT2D eigenvalue weighted by Gasteiger charge is 2.38. The van der Waals surface area contributed by atoms with Gasteiger partial charge in [0.15, 0.2) is 0 Å². The SMILES string of the molecule is O=C(CCCC(=O)N(C1CCCC1)[C@H](C(=O)NC1CCCC1)c1ccc(O)cc1)Nc1ccccn1. The molecule has 0 spiro atoms. The quantitative estimate of drug-likeness (QED) is 0.453. The minimum atomic E-state index is -0.760. The number of rotatable bonds is 10. The predicted molar refractivity (Wildman–Crippen MR) is 137 cm³/mol. The van der Waals surface area contributed by atoms with Gasteiger partial charge in [-0.15, -0.1) is 0 Å². The smallest absolute Gasteiger partial charge is 0.247 e. The van der Waals surface area contributed by atoms with Crippen LogP contribution < -0.4 is 10.6 Å². The molecule has 0 aliphatic heterocycles. The number of amides is 3. The summed E-state index contributed by atoms with van der Waals surface area (Å²) >= 11 is 0. The van der Waals surface area contributed by atoms with Crippen molar-refractivity contribution in [3.63, 3.8) is 0 Å². The van der Waals surface area contributed by atoms with Gasteiger partial charge in [-0.05, 0) is 61.9 Å². The van der Waals surface area contributed by atoms with Gasteiger partial charge in [0.2, 0.25) is 17.7 Å². The lowest BCUT2D eigenvalue weighted by atomic mass is 9.99. The summed E-state index contributed by atoms with van der Waals surface area (Å²) in [6.45, 7) is 0. The molecular formula is C28H36N4O4. The molecule has 8 nitrogen and oxygen atoms in total. The molecule has 1 atom stereocenters. The van der Waals surface area contributed by atoms with E-state index in [0.29, 0.717) is 17.8 Å². The lowest BCUT2D eigenvalue weighted by molar-refractivity contribution is -0.144. The molecule has 2 aliphatic carbocycles. The summed E-state index contributed by atoms with van der Waals surface area (Å²) < 4.78 is 0. The first-order chi connectivity index (χ1) is 17.5. The molecule has 36 heavy (non-hydrogen) atoms. The van der Waals surface area contributed by atoms with Crippen LogP contribution in [0.3, 0.4) is 0 Å². The molecule has 2 aromatic rings. The number of pyridine rings is 1. The van der Waals surface area contributed by atoms with Crippen LogP contribution >= 0.6 is 0 Å². The molecule has 0 saturated heterocycles. The Morgan fingerprint density at radius 3 is 2.31 bits per heavy atom. The fourth-order valence-corrected chi connectivity index (χ4v) is 5.36. The van der Waals surface area contributed by atoms with Crippen molar-refractivity contribution >= 4 is 23.5 Å². The van der Waals surface area contributed by atoms with E-state index in [2.05, 4.69) is 15.6 Å². The maximum atomic E-state index is 13.6. The standard InChI is InChI=1S/C28H36N4O4/c33-23-17-15-20(16-18-23)27(28(36)30-21-8-1-2-9-21)32(22-10-3-4-11-22)26(35)14-7-13-25(34)31-24-12-5-6-19-29-24/h5-6,12,15-19,21-22,27,33H,1-4,7-11,13-14H2,(H,30,36)(H,29,31,34)/t27-/m0/s1.